The molecular weight excluding hydrogens is 315 g/mol. The molecule has 0 heterocycles. The van der Waals surface area contributed by atoms with Crippen molar-refractivity contribution in [3.05, 3.63) is 29.8 Å². The number of rotatable bonds is 5. The van der Waals surface area contributed by atoms with Gasteiger partial charge in [0.15, 0.2) is 0 Å². The average Bonchev–Trinajstić information content (AvgIpc) is 2.27. The molecule has 0 fully saturated rings. The number of hydrogen-bond donors (Lipinski definition) is 1. The number of esters is 1. The van der Waals surface area contributed by atoms with Crippen molar-refractivity contribution < 1.29 is 22.7 Å². The molecule has 0 amide bonds. The minimum Gasteiger partial charge on any atom is -0.466 e. The van der Waals surface area contributed by atoms with E-state index in [0.717, 1.165) is 0 Å². The predicted octanol–water partition coefficient (Wildman–Crippen LogP) is 3.67. The second-order valence-electron chi connectivity index (χ2n) is 3.70. The summed E-state index contributed by atoms with van der Waals surface area (Å²) in [5.41, 5.74) is 1.66. The second kappa shape index (κ2) is 8.39. The Morgan fingerprint density at radius 3 is 2.55 bits per heavy atom. The summed E-state index contributed by atoms with van der Waals surface area (Å²) in [6.07, 6.45) is -0.150. The number of thioether (sulfide) groups is 1. The van der Waals surface area contributed by atoms with E-state index < -0.39 is 17.5 Å². The maximum Gasteiger partial charge on any atom is 0.446 e. The van der Waals surface area contributed by atoms with Gasteiger partial charge in [0.25, 0.3) is 0 Å². The van der Waals surface area contributed by atoms with E-state index in [0.29, 0.717) is 0 Å². The van der Waals surface area contributed by atoms with Crippen LogP contribution in [0.25, 0.3) is 0 Å². The summed E-state index contributed by atoms with van der Waals surface area (Å²) in [5.74, 6) is -0.526. The third-order valence-corrected chi connectivity index (χ3v) is 3.06. The molecule has 3 nitrogen and oxygen atoms in total. The fraction of sp³-hybridized carbons (Fsp3) is 0.417. The van der Waals surface area contributed by atoms with Gasteiger partial charge in [-0.15, -0.1) is 12.4 Å². The Morgan fingerprint density at radius 1 is 1.40 bits per heavy atom. The van der Waals surface area contributed by atoms with E-state index in [4.69, 9.17) is 10.5 Å². The van der Waals surface area contributed by atoms with Gasteiger partial charge in [0.1, 0.15) is 0 Å². The topological polar surface area (TPSA) is 52.3 Å². The summed E-state index contributed by atoms with van der Waals surface area (Å²) in [6, 6.07) is 5.08. The van der Waals surface area contributed by atoms with Gasteiger partial charge >= 0.3 is 11.5 Å². The van der Waals surface area contributed by atoms with E-state index in [9.17, 15) is 18.0 Å². The molecule has 0 saturated heterocycles. The smallest absolute Gasteiger partial charge is 0.446 e. The summed E-state index contributed by atoms with van der Waals surface area (Å²) in [5, 5.41) is 0. The molecule has 0 saturated carbocycles. The van der Waals surface area contributed by atoms with Gasteiger partial charge in [-0.3, -0.25) is 4.79 Å². The van der Waals surface area contributed by atoms with E-state index in [1.54, 1.807) is 13.0 Å². The van der Waals surface area contributed by atoms with Crippen LogP contribution in [0.4, 0.5) is 13.2 Å². The lowest BCUT2D eigenvalue weighted by atomic mass is 10.1. The first-order valence-electron chi connectivity index (χ1n) is 5.59. The van der Waals surface area contributed by atoms with Gasteiger partial charge in [0, 0.05) is 10.9 Å². The van der Waals surface area contributed by atoms with Crippen LogP contribution in [0.2, 0.25) is 0 Å². The summed E-state index contributed by atoms with van der Waals surface area (Å²) in [4.78, 5) is 11.3. The van der Waals surface area contributed by atoms with E-state index in [2.05, 4.69) is 0 Å². The summed E-state index contributed by atoms with van der Waals surface area (Å²) in [6.45, 7) is 1.86. The number of halogens is 4. The molecule has 0 aromatic heterocycles. The standard InChI is InChI=1S/C12H14F3NO2S.ClH/c1-2-18-11(17)7-9(16)8-5-3-4-6-10(8)19-12(13,14)15;/h3-6,9H,2,7,16H2,1H3;1H/t9-;/m0./s1. The van der Waals surface area contributed by atoms with Gasteiger partial charge in [0.2, 0.25) is 0 Å². The van der Waals surface area contributed by atoms with Crippen molar-refractivity contribution in [1.82, 2.24) is 0 Å². The molecule has 0 radical (unpaired) electrons. The van der Waals surface area contributed by atoms with Crippen molar-refractivity contribution in [2.75, 3.05) is 6.61 Å². The highest BCUT2D eigenvalue weighted by Gasteiger charge is 2.31. The molecular formula is C12H15ClF3NO2S. The van der Waals surface area contributed by atoms with Crippen LogP contribution in [0.15, 0.2) is 29.2 Å². The van der Waals surface area contributed by atoms with Crippen LogP contribution in [0.5, 0.6) is 0 Å². The minimum atomic E-state index is -4.39. The maximum absolute atomic E-state index is 12.4. The molecule has 1 atom stereocenters. The van der Waals surface area contributed by atoms with E-state index in [-0.39, 0.29) is 47.7 Å². The van der Waals surface area contributed by atoms with Gasteiger partial charge in [0.05, 0.1) is 13.0 Å². The molecule has 0 aliphatic heterocycles. The first-order chi connectivity index (χ1) is 8.83. The molecule has 20 heavy (non-hydrogen) atoms. The summed E-state index contributed by atoms with van der Waals surface area (Å²) >= 11 is -0.236. The van der Waals surface area contributed by atoms with Crippen LogP contribution >= 0.6 is 24.2 Å². The van der Waals surface area contributed by atoms with Crippen molar-refractivity contribution in [2.45, 2.75) is 29.8 Å². The third kappa shape index (κ3) is 6.49. The van der Waals surface area contributed by atoms with Crippen LogP contribution < -0.4 is 5.73 Å². The Morgan fingerprint density at radius 2 is 2.00 bits per heavy atom. The van der Waals surface area contributed by atoms with E-state index in [1.165, 1.54) is 18.2 Å². The fourth-order valence-electron chi connectivity index (χ4n) is 1.51. The predicted molar refractivity (Wildman–Crippen MR) is 73.8 cm³/mol. The Hall–Kier alpha value is -0.920. The maximum atomic E-state index is 12.4. The van der Waals surface area contributed by atoms with Gasteiger partial charge < -0.3 is 10.5 Å². The molecule has 1 aromatic carbocycles. The largest absolute Gasteiger partial charge is 0.466 e. The molecule has 114 valence electrons. The molecule has 0 spiro atoms. The number of ether oxygens (including phenoxy) is 1. The first kappa shape index (κ1) is 19.1. The highest BCUT2D eigenvalue weighted by molar-refractivity contribution is 8.00. The number of carbonyl (C=O) groups is 1. The first-order valence-corrected chi connectivity index (χ1v) is 6.41. The van der Waals surface area contributed by atoms with Crippen molar-refractivity contribution in [3.63, 3.8) is 0 Å². The van der Waals surface area contributed by atoms with Crippen molar-refractivity contribution in [3.8, 4) is 0 Å². The van der Waals surface area contributed by atoms with Gasteiger partial charge in [-0.05, 0) is 30.3 Å². The molecule has 0 unspecified atom stereocenters. The van der Waals surface area contributed by atoms with Gasteiger partial charge in [-0.25, -0.2) is 0 Å². The Labute approximate surface area is 125 Å². The van der Waals surface area contributed by atoms with Crippen molar-refractivity contribution in [1.29, 1.82) is 0 Å². The van der Waals surface area contributed by atoms with Gasteiger partial charge in [-0.1, -0.05) is 18.2 Å². The second-order valence-corrected chi connectivity index (χ2v) is 4.81. The molecule has 0 aliphatic carbocycles. The zero-order valence-corrected chi connectivity index (χ0v) is 12.3. The van der Waals surface area contributed by atoms with Crippen molar-refractivity contribution in [2.24, 2.45) is 5.73 Å². The lowest BCUT2D eigenvalue weighted by molar-refractivity contribution is -0.143. The average molecular weight is 330 g/mol. The zero-order valence-electron chi connectivity index (χ0n) is 10.6. The van der Waals surface area contributed by atoms with Crippen LogP contribution in [-0.2, 0) is 9.53 Å². The molecule has 0 bridgehead atoms. The highest BCUT2D eigenvalue weighted by Crippen LogP contribution is 2.40. The van der Waals surface area contributed by atoms with Gasteiger partial charge in [-0.2, -0.15) is 13.2 Å². The molecule has 0 aliphatic rings. The number of carbonyl (C=O) groups excluding carboxylic acids is 1. The minimum absolute atomic E-state index is 0. The highest BCUT2D eigenvalue weighted by atomic mass is 35.5. The molecule has 1 rings (SSSR count). The van der Waals surface area contributed by atoms with Crippen LogP contribution in [-0.4, -0.2) is 18.1 Å². The lowest BCUT2D eigenvalue weighted by Crippen LogP contribution is -2.18. The molecule has 1 aromatic rings. The third-order valence-electron chi connectivity index (χ3n) is 2.24. The van der Waals surface area contributed by atoms with Crippen LogP contribution in [0.1, 0.15) is 24.9 Å². The SMILES string of the molecule is CCOC(=O)C[C@H](N)c1ccccc1SC(F)(F)F.Cl. The quantitative estimate of drug-likeness (QED) is 0.661. The molecule has 8 heteroatoms. The van der Waals surface area contributed by atoms with E-state index >= 15 is 0 Å². The Bertz CT molecular complexity index is 443. The van der Waals surface area contributed by atoms with Crippen LogP contribution in [0, 0.1) is 0 Å². The number of hydrogen-bond acceptors (Lipinski definition) is 4. The number of alkyl halides is 3. The van der Waals surface area contributed by atoms with Crippen LogP contribution in [0.3, 0.4) is 0 Å². The number of benzene rings is 1. The normalized spacial score (nSPS) is 12.4. The Balaban J connectivity index is 0.00000361. The van der Waals surface area contributed by atoms with Crippen molar-refractivity contribution >= 4 is 30.1 Å². The fourth-order valence-corrected chi connectivity index (χ4v) is 2.25. The van der Waals surface area contributed by atoms with E-state index in [1.807, 2.05) is 0 Å². The lowest BCUT2D eigenvalue weighted by Gasteiger charge is -2.16. The molecule has 2 N–H and O–H groups in total. The zero-order chi connectivity index (χ0) is 14.5. The Kier molecular flexibility index (Phi) is 8.00. The number of nitrogens with two attached hydrogens (primary N) is 1. The monoisotopic (exact) mass is 329 g/mol. The summed E-state index contributed by atoms with van der Waals surface area (Å²) < 4.78 is 41.9. The summed E-state index contributed by atoms with van der Waals surface area (Å²) in [7, 11) is 0.